The summed E-state index contributed by atoms with van der Waals surface area (Å²) < 4.78 is 5.15. The predicted octanol–water partition coefficient (Wildman–Crippen LogP) is 3.25. The first-order valence-electron chi connectivity index (χ1n) is 6.46. The number of fused-ring (bicyclic) bond motifs is 1. The molecule has 0 radical (unpaired) electrons. The average molecular weight is 244 g/mol. The molecule has 1 N–H and O–H groups in total. The van der Waals surface area contributed by atoms with Gasteiger partial charge in [-0.2, -0.15) is 0 Å². The average Bonchev–Trinajstić information content (AvgIpc) is 2.42. The molecule has 0 aliphatic rings. The maximum atomic E-state index is 5.15. The lowest BCUT2D eigenvalue weighted by atomic mass is 10.1. The van der Waals surface area contributed by atoms with Crippen molar-refractivity contribution >= 4 is 16.7 Å². The highest BCUT2D eigenvalue weighted by Gasteiger charge is 2.03. The van der Waals surface area contributed by atoms with E-state index in [2.05, 4.69) is 36.5 Å². The summed E-state index contributed by atoms with van der Waals surface area (Å²) in [4.78, 5) is 4.70. The third-order valence-corrected chi connectivity index (χ3v) is 2.94. The Labute approximate surface area is 108 Å². The number of pyridine rings is 1. The molecule has 0 spiro atoms. The summed E-state index contributed by atoms with van der Waals surface area (Å²) in [6, 6.07) is 10.5. The number of nitrogens with zero attached hydrogens (tertiary/aromatic N) is 1. The number of aromatic nitrogens is 1. The Kier molecular flexibility index (Phi) is 4.53. The number of nitrogens with one attached hydrogen (secondary N) is 1. The minimum Gasteiger partial charge on any atom is -0.384 e. The second-order valence-electron chi connectivity index (χ2n) is 4.35. The van der Waals surface area contributed by atoms with Crippen LogP contribution in [0.1, 0.15) is 18.9 Å². The molecule has 0 aliphatic carbocycles. The van der Waals surface area contributed by atoms with Crippen molar-refractivity contribution in [3.05, 3.63) is 35.9 Å². The van der Waals surface area contributed by atoms with Crippen molar-refractivity contribution in [1.29, 1.82) is 0 Å². The van der Waals surface area contributed by atoms with Crippen LogP contribution >= 0.6 is 0 Å². The van der Waals surface area contributed by atoms with Crippen LogP contribution < -0.4 is 5.32 Å². The summed E-state index contributed by atoms with van der Waals surface area (Å²) >= 11 is 0. The van der Waals surface area contributed by atoms with Gasteiger partial charge >= 0.3 is 0 Å². The van der Waals surface area contributed by atoms with Gasteiger partial charge in [-0.25, -0.2) is 4.98 Å². The molecule has 0 atom stereocenters. The highest BCUT2D eigenvalue weighted by molar-refractivity contribution is 5.83. The van der Waals surface area contributed by atoms with Crippen molar-refractivity contribution in [2.45, 2.75) is 19.8 Å². The van der Waals surface area contributed by atoms with Crippen molar-refractivity contribution in [3.63, 3.8) is 0 Å². The van der Waals surface area contributed by atoms with Gasteiger partial charge in [-0.1, -0.05) is 25.1 Å². The Morgan fingerprint density at radius 2 is 2.11 bits per heavy atom. The topological polar surface area (TPSA) is 34.1 Å². The summed E-state index contributed by atoms with van der Waals surface area (Å²) in [5.41, 5.74) is 2.32. The molecule has 18 heavy (non-hydrogen) atoms. The van der Waals surface area contributed by atoms with E-state index in [4.69, 9.17) is 9.72 Å². The number of rotatable bonds is 6. The Hall–Kier alpha value is -1.61. The van der Waals surface area contributed by atoms with E-state index in [-0.39, 0.29) is 0 Å². The Morgan fingerprint density at radius 1 is 1.22 bits per heavy atom. The molecule has 1 heterocycles. The van der Waals surface area contributed by atoms with E-state index in [9.17, 15) is 0 Å². The zero-order valence-electron chi connectivity index (χ0n) is 11.1. The molecule has 0 bridgehead atoms. The van der Waals surface area contributed by atoms with Crippen LogP contribution in [0, 0.1) is 0 Å². The van der Waals surface area contributed by atoms with Crippen molar-refractivity contribution in [2.75, 3.05) is 25.6 Å². The van der Waals surface area contributed by atoms with Crippen molar-refractivity contribution in [1.82, 2.24) is 4.98 Å². The van der Waals surface area contributed by atoms with Gasteiger partial charge in [-0.3, -0.25) is 0 Å². The van der Waals surface area contributed by atoms with Gasteiger partial charge in [-0.05, 0) is 30.5 Å². The van der Waals surface area contributed by atoms with Crippen LogP contribution in [0.15, 0.2) is 30.3 Å². The number of hydrogen-bond acceptors (Lipinski definition) is 3. The van der Waals surface area contributed by atoms with E-state index >= 15 is 0 Å². The van der Waals surface area contributed by atoms with Gasteiger partial charge in [0.1, 0.15) is 5.82 Å². The monoisotopic (exact) mass is 244 g/mol. The minimum absolute atomic E-state index is 0.730. The molecule has 1 aromatic heterocycles. The first-order chi connectivity index (χ1) is 8.85. The van der Waals surface area contributed by atoms with Crippen LogP contribution in [0.25, 0.3) is 10.9 Å². The molecule has 3 heteroatoms. The third-order valence-electron chi connectivity index (χ3n) is 2.94. The van der Waals surface area contributed by atoms with Crippen LogP contribution in [0.4, 0.5) is 5.82 Å². The first-order valence-corrected chi connectivity index (χ1v) is 6.46. The summed E-state index contributed by atoms with van der Waals surface area (Å²) in [5, 5.41) is 4.51. The van der Waals surface area contributed by atoms with Crippen LogP contribution in [0.5, 0.6) is 0 Å². The number of para-hydroxylation sites is 1. The lowest BCUT2D eigenvalue weighted by Gasteiger charge is -2.08. The molecule has 1 aromatic carbocycles. The van der Waals surface area contributed by atoms with Gasteiger partial charge in [0.25, 0.3) is 0 Å². The van der Waals surface area contributed by atoms with Crippen molar-refractivity contribution in [2.24, 2.45) is 0 Å². The number of hydrogen-bond donors (Lipinski definition) is 1. The molecule has 3 nitrogen and oxygen atoms in total. The van der Waals surface area contributed by atoms with E-state index in [1.165, 1.54) is 10.9 Å². The van der Waals surface area contributed by atoms with E-state index in [0.717, 1.165) is 37.3 Å². The fourth-order valence-corrected chi connectivity index (χ4v) is 1.97. The number of anilines is 1. The molecule has 2 aromatic rings. The maximum absolute atomic E-state index is 5.15. The van der Waals surface area contributed by atoms with Crippen LogP contribution in [-0.2, 0) is 11.2 Å². The summed E-state index contributed by atoms with van der Waals surface area (Å²) in [6.07, 6.45) is 2.00. The molecule has 0 unspecified atom stereocenters. The fraction of sp³-hybridized carbons (Fsp3) is 0.400. The molecule has 0 aliphatic heterocycles. The van der Waals surface area contributed by atoms with Gasteiger partial charge in [0.2, 0.25) is 0 Å². The molecular formula is C15H20N2O. The third kappa shape index (κ3) is 2.99. The Morgan fingerprint density at radius 3 is 2.89 bits per heavy atom. The lowest BCUT2D eigenvalue weighted by Crippen LogP contribution is -2.03. The second kappa shape index (κ2) is 6.36. The van der Waals surface area contributed by atoms with Gasteiger partial charge in [0.15, 0.2) is 0 Å². The van der Waals surface area contributed by atoms with Gasteiger partial charge in [0, 0.05) is 19.0 Å². The number of methoxy groups -OCH3 is 1. The van der Waals surface area contributed by atoms with E-state index in [0.29, 0.717) is 0 Å². The quantitative estimate of drug-likeness (QED) is 0.847. The Balaban J connectivity index is 2.32. The number of benzene rings is 1. The summed E-state index contributed by atoms with van der Waals surface area (Å²) in [5.74, 6) is 0.953. The van der Waals surface area contributed by atoms with Crippen LogP contribution in [0.2, 0.25) is 0 Å². The van der Waals surface area contributed by atoms with Gasteiger partial charge < -0.3 is 10.1 Å². The fourth-order valence-electron chi connectivity index (χ4n) is 1.97. The lowest BCUT2D eigenvalue weighted by molar-refractivity contribution is 0.202. The zero-order chi connectivity index (χ0) is 12.8. The SMILES string of the molecule is CCCNc1ccc2cccc(CCOC)c2n1. The van der Waals surface area contributed by atoms with E-state index < -0.39 is 0 Å². The van der Waals surface area contributed by atoms with E-state index in [1.807, 2.05) is 6.07 Å². The summed E-state index contributed by atoms with van der Waals surface area (Å²) in [7, 11) is 1.73. The van der Waals surface area contributed by atoms with Gasteiger partial charge in [0.05, 0.1) is 12.1 Å². The standard InChI is InChI=1S/C15H20N2O/c1-3-10-16-14-8-7-12-5-4-6-13(9-11-18-2)15(12)17-14/h4-8H,3,9-11H2,1-2H3,(H,16,17). The van der Waals surface area contributed by atoms with Crippen LogP contribution in [-0.4, -0.2) is 25.2 Å². The number of ether oxygens (including phenoxy) is 1. The minimum atomic E-state index is 0.730. The normalized spacial score (nSPS) is 10.8. The predicted molar refractivity (Wildman–Crippen MR) is 76.1 cm³/mol. The van der Waals surface area contributed by atoms with Crippen molar-refractivity contribution < 1.29 is 4.74 Å². The van der Waals surface area contributed by atoms with Crippen LogP contribution in [0.3, 0.4) is 0 Å². The molecular weight excluding hydrogens is 224 g/mol. The summed E-state index contributed by atoms with van der Waals surface area (Å²) in [6.45, 7) is 3.84. The smallest absolute Gasteiger partial charge is 0.126 e. The molecule has 0 saturated carbocycles. The highest BCUT2D eigenvalue weighted by Crippen LogP contribution is 2.19. The first kappa shape index (κ1) is 12.8. The van der Waals surface area contributed by atoms with E-state index in [1.54, 1.807) is 7.11 Å². The molecule has 0 saturated heterocycles. The van der Waals surface area contributed by atoms with Gasteiger partial charge in [-0.15, -0.1) is 0 Å². The largest absolute Gasteiger partial charge is 0.384 e. The molecule has 0 fully saturated rings. The van der Waals surface area contributed by atoms with Crippen molar-refractivity contribution in [3.8, 4) is 0 Å². The highest BCUT2D eigenvalue weighted by atomic mass is 16.5. The Bertz CT molecular complexity index is 511. The maximum Gasteiger partial charge on any atom is 0.126 e. The molecule has 96 valence electrons. The zero-order valence-corrected chi connectivity index (χ0v) is 11.1. The molecule has 2 rings (SSSR count). The second-order valence-corrected chi connectivity index (χ2v) is 4.35. The molecule has 0 amide bonds.